The Kier molecular flexibility index (Phi) is 5.38. The highest BCUT2D eigenvalue weighted by Gasteiger charge is 2.18. The van der Waals surface area contributed by atoms with Crippen molar-refractivity contribution < 1.29 is 13.0 Å². The molecule has 4 N–H and O–H groups in total. The van der Waals surface area contributed by atoms with E-state index in [1.165, 1.54) is 0 Å². The number of thiol groups is 1. The Bertz CT molecular complexity index is 198. The number of hydrogen-bond acceptors (Lipinski definition) is 4. The highest BCUT2D eigenvalue weighted by Crippen LogP contribution is 2.18. The molecule has 0 bridgehead atoms. The van der Waals surface area contributed by atoms with Gasteiger partial charge in [-0.1, -0.05) is 13.8 Å². The molecule has 0 aliphatic heterocycles. The van der Waals surface area contributed by atoms with Crippen LogP contribution in [0.5, 0.6) is 0 Å². The molecule has 70 valence electrons. The average molecular weight is 201 g/mol. The minimum atomic E-state index is -4.09. The summed E-state index contributed by atoms with van der Waals surface area (Å²) in [6.07, 6.45) is 0. The van der Waals surface area contributed by atoms with Crippen LogP contribution in [-0.2, 0) is 10.1 Å². The van der Waals surface area contributed by atoms with Gasteiger partial charge in [-0.15, -0.1) is 0 Å². The third-order valence-corrected chi connectivity index (χ3v) is 2.99. The van der Waals surface area contributed by atoms with Gasteiger partial charge in [-0.3, -0.25) is 0 Å². The van der Waals surface area contributed by atoms with Crippen molar-refractivity contribution in [1.82, 2.24) is 6.15 Å². The summed E-state index contributed by atoms with van der Waals surface area (Å²) in [5.74, 6) is 0.0535. The third-order valence-electron chi connectivity index (χ3n) is 0.996. The Labute approximate surface area is 73.1 Å². The smallest absolute Gasteiger partial charge is 0.0951 e. The topological polar surface area (TPSA) is 93.7 Å². The maximum Gasteiger partial charge on any atom is 0.0951 e. The third kappa shape index (κ3) is 8.12. The van der Waals surface area contributed by atoms with Crippen molar-refractivity contribution in [2.24, 2.45) is 5.41 Å². The van der Waals surface area contributed by atoms with E-state index in [1.807, 2.05) is 0 Å². The molecule has 0 aliphatic carbocycles. The highest BCUT2D eigenvalue weighted by atomic mass is 32.2. The van der Waals surface area contributed by atoms with Gasteiger partial charge in [0.1, 0.15) is 0 Å². The lowest BCUT2D eigenvalue weighted by molar-refractivity contribution is 0.417. The Morgan fingerprint density at radius 2 is 1.82 bits per heavy atom. The predicted octanol–water partition coefficient (Wildman–Crippen LogP) is 0.864. The summed E-state index contributed by atoms with van der Waals surface area (Å²) in [4.78, 5) is 0. The first kappa shape index (κ1) is 13.8. The fourth-order valence-corrected chi connectivity index (χ4v) is 1.85. The van der Waals surface area contributed by atoms with Crippen molar-refractivity contribution in [3.8, 4) is 0 Å². The van der Waals surface area contributed by atoms with Gasteiger partial charge in [-0.2, -0.15) is 12.6 Å². The maximum absolute atomic E-state index is 10.2. The normalized spacial score (nSPS) is 12.4. The van der Waals surface area contributed by atoms with Crippen molar-refractivity contribution in [2.75, 3.05) is 11.5 Å². The lowest BCUT2D eigenvalue weighted by Gasteiger charge is -2.23. The van der Waals surface area contributed by atoms with Crippen LogP contribution in [0.2, 0.25) is 0 Å². The van der Waals surface area contributed by atoms with Crippen LogP contribution in [0.1, 0.15) is 13.8 Å². The average Bonchev–Trinajstić information content (AvgIpc) is 1.60. The number of quaternary nitrogens is 1. The zero-order chi connectivity index (χ0) is 8.41. The molecule has 0 spiro atoms. The van der Waals surface area contributed by atoms with Gasteiger partial charge in [0.2, 0.25) is 0 Å². The summed E-state index contributed by atoms with van der Waals surface area (Å²) < 4.78 is 30.6. The molecule has 0 aromatic heterocycles. The van der Waals surface area contributed by atoms with E-state index in [4.69, 9.17) is 0 Å². The molecule has 0 aliphatic rings. The van der Waals surface area contributed by atoms with Crippen molar-refractivity contribution in [3.63, 3.8) is 0 Å². The second-order valence-corrected chi connectivity index (χ2v) is 4.74. The van der Waals surface area contributed by atoms with Crippen LogP contribution in [-0.4, -0.2) is 24.5 Å². The highest BCUT2D eigenvalue weighted by molar-refractivity contribution is 7.85. The lowest BCUT2D eigenvalue weighted by Crippen LogP contribution is -2.25. The first-order valence-electron chi connectivity index (χ1n) is 2.81. The Balaban J connectivity index is 0. The van der Waals surface area contributed by atoms with E-state index in [0.29, 0.717) is 5.75 Å². The molecule has 0 radical (unpaired) electrons. The van der Waals surface area contributed by atoms with Gasteiger partial charge in [0.05, 0.1) is 10.1 Å². The molecule has 0 saturated heterocycles. The predicted molar refractivity (Wildman–Crippen MR) is 48.2 cm³/mol. The number of hydrogen-bond donors (Lipinski definition) is 2. The Morgan fingerprint density at radius 3 is 1.91 bits per heavy atom. The summed E-state index contributed by atoms with van der Waals surface area (Å²) in [5.41, 5.74) is -0.510. The van der Waals surface area contributed by atoms with Crippen LogP contribution < -0.4 is 6.15 Å². The van der Waals surface area contributed by atoms with Crippen molar-refractivity contribution >= 4 is 22.7 Å². The van der Waals surface area contributed by atoms with Gasteiger partial charge in [-0.25, -0.2) is 8.42 Å². The Hall–Kier alpha value is 0.220. The molecule has 0 rings (SSSR count). The monoisotopic (exact) mass is 201 g/mol. The summed E-state index contributed by atoms with van der Waals surface area (Å²) in [6, 6.07) is 0. The molecule has 0 saturated carbocycles. The first-order chi connectivity index (χ1) is 4.27. The molecular formula is C5H15NO3S2. The van der Waals surface area contributed by atoms with Crippen LogP contribution in [0, 0.1) is 5.41 Å². The molecule has 0 fully saturated rings. The number of rotatable bonds is 3. The van der Waals surface area contributed by atoms with Crippen LogP contribution in [0.25, 0.3) is 0 Å². The SMILES string of the molecule is CC(C)(CS)CS(=O)(=O)[O-].[NH4+]. The summed E-state index contributed by atoms with van der Waals surface area (Å²) in [5, 5.41) is 0. The van der Waals surface area contributed by atoms with Crippen LogP contribution in [0.15, 0.2) is 0 Å². The summed E-state index contributed by atoms with van der Waals surface area (Å²) >= 11 is 3.91. The molecule has 0 heterocycles. The van der Waals surface area contributed by atoms with E-state index in [1.54, 1.807) is 13.8 Å². The second kappa shape index (κ2) is 4.30. The molecule has 6 heteroatoms. The molecule has 0 unspecified atom stereocenters. The zero-order valence-corrected chi connectivity index (χ0v) is 8.71. The molecule has 0 aromatic rings. The van der Waals surface area contributed by atoms with E-state index < -0.39 is 15.5 Å². The maximum atomic E-state index is 10.2. The van der Waals surface area contributed by atoms with Gasteiger partial charge in [0.15, 0.2) is 0 Å². The van der Waals surface area contributed by atoms with Crippen LogP contribution >= 0.6 is 12.6 Å². The molecular weight excluding hydrogens is 186 g/mol. The second-order valence-electron chi connectivity index (χ2n) is 3.02. The molecule has 0 aromatic carbocycles. The van der Waals surface area contributed by atoms with Gasteiger partial charge >= 0.3 is 0 Å². The fraction of sp³-hybridized carbons (Fsp3) is 1.00. The lowest BCUT2D eigenvalue weighted by atomic mass is 10.0. The summed E-state index contributed by atoms with van der Waals surface area (Å²) in [6.45, 7) is 3.38. The van der Waals surface area contributed by atoms with Gasteiger partial charge < -0.3 is 10.7 Å². The Morgan fingerprint density at radius 1 is 1.45 bits per heavy atom. The molecule has 4 nitrogen and oxygen atoms in total. The van der Waals surface area contributed by atoms with Crippen molar-refractivity contribution in [1.29, 1.82) is 0 Å². The van der Waals surface area contributed by atoms with Gasteiger partial charge in [-0.05, 0) is 11.2 Å². The van der Waals surface area contributed by atoms with E-state index in [-0.39, 0.29) is 11.9 Å². The van der Waals surface area contributed by atoms with Crippen LogP contribution in [0.4, 0.5) is 0 Å². The standard InChI is InChI=1S/C5H12O3S2.H3N/c1-5(2,3-9)4-10(6,7)8;/h9H,3-4H2,1-2H3,(H,6,7,8);1H3. The quantitative estimate of drug-likeness (QED) is 0.524. The van der Waals surface area contributed by atoms with Gasteiger partial charge in [0.25, 0.3) is 0 Å². The zero-order valence-electron chi connectivity index (χ0n) is 6.99. The molecule has 0 atom stereocenters. The van der Waals surface area contributed by atoms with Gasteiger partial charge in [0, 0.05) is 5.75 Å². The summed E-state index contributed by atoms with van der Waals surface area (Å²) in [7, 11) is -4.09. The minimum absolute atomic E-state index is 0. The molecule has 0 amide bonds. The first-order valence-corrected chi connectivity index (χ1v) is 5.02. The van der Waals surface area contributed by atoms with E-state index in [9.17, 15) is 13.0 Å². The molecule has 11 heavy (non-hydrogen) atoms. The van der Waals surface area contributed by atoms with E-state index in [2.05, 4.69) is 12.6 Å². The largest absolute Gasteiger partial charge is 0.748 e. The van der Waals surface area contributed by atoms with Crippen molar-refractivity contribution in [3.05, 3.63) is 0 Å². The van der Waals surface area contributed by atoms with Crippen LogP contribution in [0.3, 0.4) is 0 Å². The van der Waals surface area contributed by atoms with Crippen molar-refractivity contribution in [2.45, 2.75) is 13.8 Å². The minimum Gasteiger partial charge on any atom is -0.748 e. The van der Waals surface area contributed by atoms with E-state index >= 15 is 0 Å². The van der Waals surface area contributed by atoms with E-state index in [0.717, 1.165) is 0 Å². The fourth-order valence-electron chi connectivity index (χ4n) is 0.524.